The van der Waals surface area contributed by atoms with E-state index < -0.39 is 5.79 Å². The Morgan fingerprint density at radius 2 is 2.08 bits per heavy atom. The molecular formula is C18H27N3O3. The average Bonchev–Trinajstić information content (AvgIpc) is 2.99. The van der Waals surface area contributed by atoms with Crippen molar-refractivity contribution in [2.45, 2.75) is 44.1 Å². The first kappa shape index (κ1) is 17.2. The summed E-state index contributed by atoms with van der Waals surface area (Å²) in [5.74, 6) is -0.623. The Hall–Kier alpha value is -1.63. The fourth-order valence-electron chi connectivity index (χ4n) is 3.55. The van der Waals surface area contributed by atoms with Crippen LogP contribution in [0.15, 0.2) is 24.3 Å². The highest BCUT2D eigenvalue weighted by Crippen LogP contribution is 2.36. The average molecular weight is 333 g/mol. The normalized spacial score (nSPS) is 22.7. The molecule has 2 amide bonds. The first-order chi connectivity index (χ1) is 11.6. The fraction of sp³-hybridized carbons (Fsp3) is 0.611. The number of benzene rings is 1. The van der Waals surface area contributed by atoms with E-state index in [2.05, 4.69) is 21.6 Å². The minimum Gasteiger partial charge on any atom is -0.346 e. The largest absolute Gasteiger partial charge is 0.346 e. The summed E-state index contributed by atoms with van der Waals surface area (Å²) in [5, 5.41) is 5.98. The third-order valence-corrected chi connectivity index (χ3v) is 4.56. The first-order valence-corrected chi connectivity index (χ1v) is 8.66. The molecule has 1 aromatic rings. The topological polar surface area (TPSA) is 62.8 Å². The first-order valence-electron chi connectivity index (χ1n) is 8.66. The van der Waals surface area contributed by atoms with Crippen LogP contribution in [0.5, 0.6) is 0 Å². The van der Waals surface area contributed by atoms with E-state index in [1.54, 1.807) is 0 Å². The quantitative estimate of drug-likeness (QED) is 0.889. The maximum Gasteiger partial charge on any atom is 0.319 e. The number of rotatable bonds is 4. The molecule has 6 nitrogen and oxygen atoms in total. The molecule has 1 aromatic carbocycles. The summed E-state index contributed by atoms with van der Waals surface area (Å²) >= 11 is 0. The van der Waals surface area contributed by atoms with Crippen LogP contribution in [0.2, 0.25) is 0 Å². The number of urea groups is 1. The zero-order valence-electron chi connectivity index (χ0n) is 14.5. The Kier molecular flexibility index (Phi) is 5.38. The van der Waals surface area contributed by atoms with Crippen LogP contribution in [0.25, 0.3) is 0 Å². The van der Waals surface area contributed by atoms with Gasteiger partial charge in [0.2, 0.25) is 0 Å². The Morgan fingerprint density at radius 1 is 1.29 bits per heavy atom. The number of hydrogen-bond donors (Lipinski definition) is 2. The predicted molar refractivity (Wildman–Crippen MR) is 92.9 cm³/mol. The molecule has 6 heteroatoms. The van der Waals surface area contributed by atoms with E-state index in [0.29, 0.717) is 13.2 Å². The van der Waals surface area contributed by atoms with E-state index in [1.165, 1.54) is 0 Å². The molecule has 1 aliphatic carbocycles. The molecule has 1 heterocycles. The van der Waals surface area contributed by atoms with Gasteiger partial charge in [0.15, 0.2) is 5.79 Å². The number of nitrogens with zero attached hydrogens (tertiary/aromatic N) is 1. The van der Waals surface area contributed by atoms with Crippen molar-refractivity contribution in [3.05, 3.63) is 29.8 Å². The summed E-state index contributed by atoms with van der Waals surface area (Å²) < 4.78 is 11.7. The molecule has 0 radical (unpaired) electrons. The molecule has 2 aliphatic rings. The van der Waals surface area contributed by atoms with Crippen LogP contribution in [0.3, 0.4) is 0 Å². The van der Waals surface area contributed by atoms with Crippen molar-refractivity contribution < 1.29 is 14.3 Å². The summed E-state index contributed by atoms with van der Waals surface area (Å²) in [4.78, 5) is 14.5. The maximum absolute atomic E-state index is 12.4. The smallest absolute Gasteiger partial charge is 0.319 e. The van der Waals surface area contributed by atoms with Gasteiger partial charge in [-0.05, 0) is 44.6 Å². The van der Waals surface area contributed by atoms with Crippen molar-refractivity contribution in [2.24, 2.45) is 0 Å². The van der Waals surface area contributed by atoms with E-state index in [9.17, 15) is 4.79 Å². The van der Waals surface area contributed by atoms with Crippen LogP contribution >= 0.6 is 0 Å². The number of hydrogen-bond acceptors (Lipinski definition) is 4. The van der Waals surface area contributed by atoms with Crippen LogP contribution < -0.4 is 10.6 Å². The molecule has 0 bridgehead atoms. The Bertz CT molecular complexity index is 570. The molecule has 0 aromatic heterocycles. The highest BCUT2D eigenvalue weighted by atomic mass is 16.7. The Morgan fingerprint density at radius 3 is 2.83 bits per heavy atom. The van der Waals surface area contributed by atoms with Gasteiger partial charge in [-0.25, -0.2) is 4.79 Å². The second-order valence-electron chi connectivity index (χ2n) is 6.84. The van der Waals surface area contributed by atoms with Gasteiger partial charge in [-0.3, -0.25) is 0 Å². The monoisotopic (exact) mass is 333 g/mol. The third-order valence-electron chi connectivity index (χ3n) is 4.56. The zero-order chi connectivity index (χ0) is 17.0. The lowest BCUT2D eigenvalue weighted by Crippen LogP contribution is -2.56. The summed E-state index contributed by atoms with van der Waals surface area (Å²) in [5.41, 5.74) is 1.96. The molecule has 1 saturated heterocycles. The molecule has 1 atom stereocenters. The van der Waals surface area contributed by atoms with Crippen molar-refractivity contribution in [3.63, 3.8) is 0 Å². The van der Waals surface area contributed by atoms with Gasteiger partial charge >= 0.3 is 6.03 Å². The number of anilines is 1. The van der Waals surface area contributed by atoms with Gasteiger partial charge < -0.3 is 25.0 Å². The molecule has 2 N–H and O–H groups in total. The van der Waals surface area contributed by atoms with Crippen molar-refractivity contribution in [2.75, 3.05) is 32.6 Å². The van der Waals surface area contributed by atoms with Gasteiger partial charge in [0.1, 0.15) is 0 Å². The Labute approximate surface area is 143 Å². The number of carbonyl (C=O) groups is 1. The molecule has 3 rings (SSSR count). The van der Waals surface area contributed by atoms with Gasteiger partial charge in [-0.1, -0.05) is 18.6 Å². The lowest BCUT2D eigenvalue weighted by Gasteiger charge is -2.39. The van der Waals surface area contributed by atoms with E-state index in [4.69, 9.17) is 9.47 Å². The van der Waals surface area contributed by atoms with E-state index in [-0.39, 0.29) is 12.1 Å². The van der Waals surface area contributed by atoms with Crippen molar-refractivity contribution in [3.8, 4) is 0 Å². The molecule has 24 heavy (non-hydrogen) atoms. The van der Waals surface area contributed by atoms with Crippen LogP contribution in [-0.4, -0.2) is 50.1 Å². The maximum atomic E-state index is 12.4. The molecule has 1 unspecified atom stereocenters. The highest BCUT2D eigenvalue weighted by molar-refractivity contribution is 5.89. The van der Waals surface area contributed by atoms with Crippen LogP contribution in [0, 0.1) is 0 Å². The molecular weight excluding hydrogens is 306 g/mol. The second-order valence-corrected chi connectivity index (χ2v) is 6.84. The van der Waals surface area contributed by atoms with Gasteiger partial charge in [0.05, 0.1) is 19.3 Å². The molecule has 1 spiro atoms. The zero-order valence-corrected chi connectivity index (χ0v) is 14.5. The van der Waals surface area contributed by atoms with Gasteiger partial charge in [0, 0.05) is 18.7 Å². The summed E-state index contributed by atoms with van der Waals surface area (Å²) in [6.45, 7) is 2.04. The second kappa shape index (κ2) is 7.51. The van der Waals surface area contributed by atoms with Crippen molar-refractivity contribution >= 4 is 11.7 Å². The molecule has 1 aliphatic heterocycles. The summed E-state index contributed by atoms with van der Waals surface area (Å²) in [7, 11) is 4.05. The molecule has 2 fully saturated rings. The number of amides is 2. The van der Waals surface area contributed by atoms with Crippen LogP contribution in [0.1, 0.15) is 31.2 Å². The lowest BCUT2D eigenvalue weighted by atomic mass is 9.89. The molecule has 1 saturated carbocycles. The van der Waals surface area contributed by atoms with Gasteiger partial charge in [-0.15, -0.1) is 0 Å². The number of ether oxygens (including phenoxy) is 2. The van der Waals surface area contributed by atoms with Gasteiger partial charge in [0.25, 0.3) is 0 Å². The fourth-order valence-corrected chi connectivity index (χ4v) is 3.55. The number of nitrogens with one attached hydrogen (secondary N) is 2. The van der Waals surface area contributed by atoms with Crippen molar-refractivity contribution in [1.29, 1.82) is 0 Å². The Balaban J connectivity index is 1.60. The SMILES string of the molecule is CN(C)Cc1cccc(NC(=O)NC2CCCCC23OCCO3)c1. The highest BCUT2D eigenvalue weighted by Gasteiger charge is 2.46. The van der Waals surface area contributed by atoms with Crippen LogP contribution in [-0.2, 0) is 16.0 Å². The number of carbonyl (C=O) groups excluding carboxylic acids is 1. The third kappa shape index (κ3) is 4.06. The van der Waals surface area contributed by atoms with Gasteiger partial charge in [-0.2, -0.15) is 0 Å². The van der Waals surface area contributed by atoms with E-state index in [1.807, 2.05) is 32.3 Å². The van der Waals surface area contributed by atoms with E-state index in [0.717, 1.165) is 43.5 Å². The minimum atomic E-state index is -0.623. The minimum absolute atomic E-state index is 0.0984. The lowest BCUT2D eigenvalue weighted by molar-refractivity contribution is -0.192. The summed E-state index contributed by atoms with van der Waals surface area (Å²) in [6.07, 6.45) is 3.88. The van der Waals surface area contributed by atoms with Crippen LogP contribution in [0.4, 0.5) is 10.5 Å². The molecule has 132 valence electrons. The predicted octanol–water partition coefficient (Wildman–Crippen LogP) is 2.56. The van der Waals surface area contributed by atoms with Crippen molar-refractivity contribution in [1.82, 2.24) is 10.2 Å². The van der Waals surface area contributed by atoms with E-state index >= 15 is 0 Å². The summed E-state index contributed by atoms with van der Waals surface area (Å²) in [6, 6.07) is 7.61. The standard InChI is InChI=1S/C18H27N3O3/c1-21(2)13-14-6-5-7-15(12-14)19-17(22)20-16-8-3-4-9-18(16)23-10-11-24-18/h5-7,12,16H,3-4,8-11,13H2,1-2H3,(H2,19,20,22).